The highest BCUT2D eigenvalue weighted by Gasteiger charge is 2.12. The Hall–Kier alpha value is -0.970. The van der Waals surface area contributed by atoms with Crippen LogP contribution in [0.3, 0.4) is 0 Å². The minimum absolute atomic E-state index is 0.181. The van der Waals surface area contributed by atoms with E-state index in [0.717, 1.165) is 43.9 Å². The number of halogens is 1. The number of hydrogen-bond acceptors (Lipinski definition) is 3. The maximum Gasteiger partial charge on any atom is 0.123 e. The molecule has 1 aliphatic heterocycles. The Morgan fingerprint density at radius 1 is 1.11 bits per heavy atom. The van der Waals surface area contributed by atoms with Crippen molar-refractivity contribution in [2.24, 2.45) is 5.73 Å². The van der Waals surface area contributed by atoms with Gasteiger partial charge in [0, 0.05) is 26.2 Å². The van der Waals surface area contributed by atoms with Gasteiger partial charge in [0.05, 0.1) is 0 Å². The van der Waals surface area contributed by atoms with Crippen LogP contribution in [0.25, 0.3) is 0 Å². The summed E-state index contributed by atoms with van der Waals surface area (Å²) in [7, 11) is 2.15. The van der Waals surface area contributed by atoms with E-state index in [0.29, 0.717) is 6.54 Å². The van der Waals surface area contributed by atoms with Crippen molar-refractivity contribution in [2.75, 3.05) is 33.2 Å². The van der Waals surface area contributed by atoms with Crippen molar-refractivity contribution in [1.82, 2.24) is 9.80 Å². The number of benzene rings is 1. The molecule has 0 aromatic heterocycles. The van der Waals surface area contributed by atoms with Gasteiger partial charge in [0.25, 0.3) is 0 Å². The van der Waals surface area contributed by atoms with E-state index in [2.05, 4.69) is 16.8 Å². The molecule has 4 heteroatoms. The fraction of sp³-hybridized carbons (Fsp3) is 0.571. The SMILES string of the molecule is CN1CCCN(Cc2cc(F)cc(CN)c2)CC1. The van der Waals surface area contributed by atoms with E-state index in [4.69, 9.17) is 5.73 Å². The van der Waals surface area contributed by atoms with Gasteiger partial charge in [-0.25, -0.2) is 4.39 Å². The molecule has 3 nitrogen and oxygen atoms in total. The Morgan fingerprint density at radius 3 is 2.67 bits per heavy atom. The minimum Gasteiger partial charge on any atom is -0.326 e. The third-order valence-electron chi connectivity index (χ3n) is 3.47. The zero-order valence-corrected chi connectivity index (χ0v) is 11.0. The lowest BCUT2D eigenvalue weighted by atomic mass is 10.1. The molecule has 1 aliphatic rings. The zero-order valence-electron chi connectivity index (χ0n) is 11.0. The van der Waals surface area contributed by atoms with Gasteiger partial charge in [0.2, 0.25) is 0 Å². The highest BCUT2D eigenvalue weighted by Crippen LogP contribution is 2.13. The quantitative estimate of drug-likeness (QED) is 0.882. The van der Waals surface area contributed by atoms with Gasteiger partial charge < -0.3 is 10.6 Å². The Kier molecular flexibility index (Phi) is 4.69. The zero-order chi connectivity index (χ0) is 13.0. The molecule has 0 amide bonds. The minimum atomic E-state index is -0.181. The maximum atomic E-state index is 13.4. The summed E-state index contributed by atoms with van der Waals surface area (Å²) in [5, 5.41) is 0. The molecule has 100 valence electrons. The molecule has 18 heavy (non-hydrogen) atoms. The van der Waals surface area contributed by atoms with Crippen LogP contribution >= 0.6 is 0 Å². The summed E-state index contributed by atoms with van der Waals surface area (Å²) >= 11 is 0. The first kappa shape index (κ1) is 13.5. The van der Waals surface area contributed by atoms with Gasteiger partial charge >= 0.3 is 0 Å². The highest BCUT2D eigenvalue weighted by molar-refractivity contribution is 5.24. The first-order chi connectivity index (χ1) is 8.67. The van der Waals surface area contributed by atoms with E-state index in [-0.39, 0.29) is 5.82 Å². The summed E-state index contributed by atoms with van der Waals surface area (Å²) in [6.45, 7) is 5.57. The van der Waals surface area contributed by atoms with E-state index < -0.39 is 0 Å². The Morgan fingerprint density at radius 2 is 1.89 bits per heavy atom. The lowest BCUT2D eigenvalue weighted by molar-refractivity contribution is 0.269. The maximum absolute atomic E-state index is 13.4. The van der Waals surface area contributed by atoms with E-state index in [1.54, 1.807) is 6.07 Å². The van der Waals surface area contributed by atoms with Crippen LogP contribution in [0, 0.1) is 5.82 Å². The van der Waals surface area contributed by atoms with Crippen molar-refractivity contribution in [3.05, 3.63) is 35.1 Å². The molecule has 0 aliphatic carbocycles. The van der Waals surface area contributed by atoms with Gasteiger partial charge in [-0.1, -0.05) is 6.07 Å². The molecule has 2 N–H and O–H groups in total. The Bertz CT molecular complexity index is 395. The summed E-state index contributed by atoms with van der Waals surface area (Å²) in [5.74, 6) is -0.181. The number of likely N-dealkylation sites (N-methyl/N-ethyl adjacent to an activating group) is 1. The molecule has 1 aromatic carbocycles. The van der Waals surface area contributed by atoms with Gasteiger partial charge in [-0.15, -0.1) is 0 Å². The predicted molar refractivity (Wildman–Crippen MR) is 71.7 cm³/mol. The van der Waals surface area contributed by atoms with Gasteiger partial charge in [0.1, 0.15) is 5.82 Å². The standard InChI is InChI=1S/C14H22FN3/c1-17-3-2-4-18(6-5-17)11-13-7-12(10-16)8-14(15)9-13/h7-9H,2-6,10-11,16H2,1H3. The van der Waals surface area contributed by atoms with Gasteiger partial charge in [-0.3, -0.25) is 4.90 Å². The summed E-state index contributed by atoms with van der Waals surface area (Å²) in [6, 6.07) is 5.14. The van der Waals surface area contributed by atoms with Crippen LogP contribution in [-0.2, 0) is 13.1 Å². The third-order valence-corrected chi connectivity index (χ3v) is 3.47. The van der Waals surface area contributed by atoms with Crippen molar-refractivity contribution in [2.45, 2.75) is 19.5 Å². The van der Waals surface area contributed by atoms with Crippen molar-refractivity contribution < 1.29 is 4.39 Å². The molecule has 1 aromatic rings. The molecule has 0 bridgehead atoms. The molecular weight excluding hydrogens is 229 g/mol. The molecule has 0 spiro atoms. The molecule has 0 saturated carbocycles. The fourth-order valence-corrected chi connectivity index (χ4v) is 2.44. The second kappa shape index (κ2) is 6.27. The molecular formula is C14H22FN3. The number of rotatable bonds is 3. The predicted octanol–water partition coefficient (Wildman–Crippen LogP) is 1.42. The topological polar surface area (TPSA) is 32.5 Å². The van der Waals surface area contributed by atoms with Gasteiger partial charge in [-0.2, -0.15) is 0 Å². The van der Waals surface area contributed by atoms with Crippen molar-refractivity contribution in [3.8, 4) is 0 Å². The van der Waals surface area contributed by atoms with E-state index >= 15 is 0 Å². The average Bonchev–Trinajstić information content (AvgIpc) is 2.54. The molecule has 1 fully saturated rings. The van der Waals surface area contributed by atoms with Crippen molar-refractivity contribution >= 4 is 0 Å². The summed E-state index contributed by atoms with van der Waals surface area (Å²) in [6.07, 6.45) is 1.18. The Balaban J connectivity index is 2.01. The van der Waals surface area contributed by atoms with E-state index in [1.165, 1.54) is 12.5 Å². The van der Waals surface area contributed by atoms with Crippen molar-refractivity contribution in [1.29, 1.82) is 0 Å². The Labute approximate surface area is 108 Å². The molecule has 0 radical (unpaired) electrons. The second-order valence-corrected chi connectivity index (χ2v) is 5.10. The van der Waals surface area contributed by atoms with Crippen LogP contribution in [-0.4, -0.2) is 43.0 Å². The first-order valence-electron chi connectivity index (χ1n) is 6.56. The summed E-state index contributed by atoms with van der Waals surface area (Å²) in [5.41, 5.74) is 7.48. The highest BCUT2D eigenvalue weighted by atomic mass is 19.1. The normalized spacial score (nSPS) is 18.8. The van der Waals surface area contributed by atoms with Gasteiger partial charge in [0.15, 0.2) is 0 Å². The summed E-state index contributed by atoms with van der Waals surface area (Å²) < 4.78 is 13.4. The molecule has 1 saturated heterocycles. The average molecular weight is 251 g/mol. The van der Waals surface area contributed by atoms with Crippen molar-refractivity contribution in [3.63, 3.8) is 0 Å². The third kappa shape index (κ3) is 3.77. The van der Waals surface area contributed by atoms with Gasteiger partial charge in [-0.05, 0) is 49.8 Å². The lowest BCUT2D eigenvalue weighted by Gasteiger charge is -2.20. The van der Waals surface area contributed by atoms with Crippen LogP contribution in [0.4, 0.5) is 4.39 Å². The van der Waals surface area contributed by atoms with Crippen LogP contribution < -0.4 is 5.73 Å². The molecule has 0 atom stereocenters. The second-order valence-electron chi connectivity index (χ2n) is 5.10. The smallest absolute Gasteiger partial charge is 0.123 e. The monoisotopic (exact) mass is 251 g/mol. The number of nitrogens with two attached hydrogens (primary N) is 1. The number of nitrogens with zero attached hydrogens (tertiary/aromatic N) is 2. The first-order valence-corrected chi connectivity index (χ1v) is 6.56. The van der Waals surface area contributed by atoms with Crippen LogP contribution in [0.2, 0.25) is 0 Å². The largest absolute Gasteiger partial charge is 0.326 e. The summed E-state index contributed by atoms with van der Waals surface area (Å²) in [4.78, 5) is 4.73. The lowest BCUT2D eigenvalue weighted by Crippen LogP contribution is -2.28. The van der Waals surface area contributed by atoms with Crippen LogP contribution in [0.5, 0.6) is 0 Å². The van der Waals surface area contributed by atoms with E-state index in [1.807, 2.05) is 6.07 Å². The fourth-order valence-electron chi connectivity index (χ4n) is 2.44. The van der Waals surface area contributed by atoms with E-state index in [9.17, 15) is 4.39 Å². The van der Waals surface area contributed by atoms with Crippen LogP contribution in [0.15, 0.2) is 18.2 Å². The van der Waals surface area contributed by atoms with Crippen LogP contribution in [0.1, 0.15) is 17.5 Å². The number of hydrogen-bond donors (Lipinski definition) is 1. The molecule has 2 rings (SSSR count). The molecule has 0 unspecified atom stereocenters. The molecule has 1 heterocycles.